The predicted molar refractivity (Wildman–Crippen MR) is 144 cm³/mol. The Morgan fingerprint density at radius 1 is 1.12 bits per heavy atom. The maximum absolute atomic E-state index is 14.1. The topological polar surface area (TPSA) is 176 Å². The number of rotatable bonds is 9. The highest BCUT2D eigenvalue weighted by molar-refractivity contribution is 7.94. The molecule has 2 heterocycles. The molecule has 1 saturated heterocycles. The largest absolute Gasteiger partial charge is 0.471 e. The molecule has 43 heavy (non-hydrogen) atoms. The van der Waals surface area contributed by atoms with Crippen LogP contribution in [0, 0.1) is 11.8 Å². The van der Waals surface area contributed by atoms with E-state index in [-0.39, 0.29) is 35.3 Å². The monoisotopic (exact) mass is 627 g/mol. The summed E-state index contributed by atoms with van der Waals surface area (Å²) in [6.45, 7) is -0.721. The van der Waals surface area contributed by atoms with Gasteiger partial charge in [0.05, 0.1) is 17.1 Å². The number of nitrogens with one attached hydrogen (secondary N) is 2. The fraction of sp³-hybridized carbons (Fsp3) is 0.593. The van der Waals surface area contributed by atoms with Gasteiger partial charge in [-0.1, -0.05) is 37.8 Å². The molecule has 1 aromatic carbocycles. The Hall–Kier alpha value is -3.69. The van der Waals surface area contributed by atoms with Gasteiger partial charge in [-0.25, -0.2) is 8.42 Å². The Balaban J connectivity index is 1.46. The zero-order chi connectivity index (χ0) is 31.5. The van der Waals surface area contributed by atoms with Gasteiger partial charge in [0.15, 0.2) is 14.6 Å². The molecule has 0 aromatic heterocycles. The lowest BCUT2D eigenvalue weighted by atomic mass is 10.0. The van der Waals surface area contributed by atoms with E-state index in [0.717, 1.165) is 22.6 Å². The second-order valence-electron chi connectivity index (χ2n) is 11.9. The number of hydrogen-bond acceptors (Lipinski definition) is 7. The van der Waals surface area contributed by atoms with Crippen molar-refractivity contribution in [3.05, 3.63) is 24.3 Å². The van der Waals surface area contributed by atoms with Crippen molar-refractivity contribution in [2.75, 3.05) is 18.9 Å². The van der Waals surface area contributed by atoms with Crippen molar-refractivity contribution in [2.45, 2.75) is 78.9 Å². The number of alkyl halides is 3. The molecule has 4 N–H and O–H groups in total. The van der Waals surface area contributed by atoms with Gasteiger partial charge in [-0.15, -0.1) is 0 Å². The van der Waals surface area contributed by atoms with E-state index in [1.54, 1.807) is 5.32 Å². The number of carbonyl (C=O) groups excluding carboxylic acids is 5. The summed E-state index contributed by atoms with van der Waals surface area (Å²) in [7, 11) is -3.21. The van der Waals surface area contributed by atoms with Crippen LogP contribution in [0.4, 0.5) is 18.9 Å². The summed E-state index contributed by atoms with van der Waals surface area (Å²) in [5, 5.41) is 4.30. The van der Waals surface area contributed by atoms with E-state index >= 15 is 0 Å². The van der Waals surface area contributed by atoms with Crippen molar-refractivity contribution >= 4 is 45.1 Å². The van der Waals surface area contributed by atoms with E-state index in [0.29, 0.717) is 12.8 Å². The third-order valence-electron chi connectivity index (χ3n) is 8.77. The highest BCUT2D eigenvalue weighted by Crippen LogP contribution is 2.45. The molecule has 5 amide bonds. The van der Waals surface area contributed by atoms with E-state index in [9.17, 15) is 45.6 Å². The van der Waals surface area contributed by atoms with E-state index < -0.39 is 81.4 Å². The number of hydrogen-bond donors (Lipinski definition) is 3. The Labute approximate surface area is 245 Å². The number of nitrogens with zero attached hydrogens (tertiary/aromatic N) is 2. The molecule has 12 nitrogen and oxygen atoms in total. The van der Waals surface area contributed by atoms with Gasteiger partial charge in [0.2, 0.25) is 23.6 Å². The van der Waals surface area contributed by atoms with Crippen LogP contribution in [0.2, 0.25) is 0 Å². The minimum Gasteiger partial charge on any atom is -0.368 e. The fourth-order valence-corrected chi connectivity index (χ4v) is 7.99. The van der Waals surface area contributed by atoms with Crippen LogP contribution in [0.25, 0.3) is 0 Å². The van der Waals surface area contributed by atoms with Gasteiger partial charge in [0.1, 0.15) is 18.1 Å². The minimum absolute atomic E-state index is 0.00646. The number of nitrogens with two attached hydrogens (primary N) is 1. The Morgan fingerprint density at radius 3 is 2.30 bits per heavy atom. The van der Waals surface area contributed by atoms with E-state index in [1.807, 2.05) is 0 Å². The van der Waals surface area contributed by atoms with Crippen LogP contribution in [0.15, 0.2) is 29.2 Å². The first kappa shape index (κ1) is 30.8. The van der Waals surface area contributed by atoms with E-state index in [1.165, 1.54) is 31.3 Å². The number of carbonyl (C=O) groups is 5. The first-order valence-corrected chi connectivity index (χ1v) is 15.4. The van der Waals surface area contributed by atoms with Crippen molar-refractivity contribution in [1.29, 1.82) is 0 Å². The molecular weight excluding hydrogens is 595 g/mol. The van der Waals surface area contributed by atoms with Gasteiger partial charge in [-0.3, -0.25) is 24.0 Å². The molecule has 2 saturated carbocycles. The molecule has 0 radical (unpaired) electrons. The number of halogens is 3. The number of benzene rings is 1. The molecule has 5 rings (SSSR count). The van der Waals surface area contributed by atoms with E-state index in [2.05, 4.69) is 5.32 Å². The second-order valence-corrected chi connectivity index (χ2v) is 14.1. The van der Waals surface area contributed by atoms with Crippen LogP contribution < -0.4 is 16.4 Å². The zero-order valence-corrected chi connectivity index (χ0v) is 24.0. The van der Waals surface area contributed by atoms with Gasteiger partial charge < -0.3 is 26.2 Å². The number of fused-ring (bicyclic) bond motifs is 1. The fourth-order valence-electron chi connectivity index (χ4n) is 5.92. The van der Waals surface area contributed by atoms with Gasteiger partial charge >= 0.3 is 12.1 Å². The summed E-state index contributed by atoms with van der Waals surface area (Å²) < 4.78 is 64.5. The minimum atomic E-state index is -5.23. The Morgan fingerprint density at radius 2 is 1.72 bits per heavy atom. The van der Waals surface area contributed by atoms with Crippen LogP contribution in [0.5, 0.6) is 0 Å². The molecule has 16 heteroatoms. The summed E-state index contributed by atoms with van der Waals surface area (Å²) >= 11 is 0. The molecule has 234 valence electrons. The average Bonchev–Trinajstić information content (AvgIpc) is 3.87. The maximum Gasteiger partial charge on any atom is 0.471 e. The molecule has 2 aliphatic heterocycles. The molecule has 4 atom stereocenters. The lowest BCUT2D eigenvalue weighted by molar-refractivity contribution is -0.175. The number of likely N-dealkylation sites (tertiary alicyclic amines) is 1. The lowest BCUT2D eigenvalue weighted by Crippen LogP contribution is -2.59. The quantitative estimate of drug-likeness (QED) is 0.361. The lowest BCUT2D eigenvalue weighted by Gasteiger charge is -2.36. The van der Waals surface area contributed by atoms with Crippen molar-refractivity contribution in [3.8, 4) is 0 Å². The molecule has 4 aliphatic rings. The maximum atomic E-state index is 14.1. The van der Waals surface area contributed by atoms with Crippen molar-refractivity contribution in [2.24, 2.45) is 17.6 Å². The number of sulfone groups is 1. The molecule has 0 bridgehead atoms. The molecule has 2 unspecified atom stereocenters. The highest BCUT2D eigenvalue weighted by atomic mass is 32.2. The van der Waals surface area contributed by atoms with Gasteiger partial charge in [0, 0.05) is 13.5 Å². The molecule has 2 aliphatic carbocycles. The highest BCUT2D eigenvalue weighted by Gasteiger charge is 2.63. The predicted octanol–water partition coefficient (Wildman–Crippen LogP) is 0.712. The number of likely N-dealkylation sites (N-methyl/N-ethyl adjacent to an activating group) is 1. The first-order valence-electron chi connectivity index (χ1n) is 14.0. The number of primary amides is 1. The van der Waals surface area contributed by atoms with Crippen LogP contribution in [0.3, 0.4) is 0 Å². The standard InChI is InChI=1S/C27H32F3N5O7S/c1-34(22(37)17(10-14-6-7-14)33-25(40)27(28,29)30)18(11-15-8-9-15)23(38)35-13-26(12-19(35)21(31)36)24(39)32-16-4-2-3-5-20(16)43(26,41)42/h2-5,14-15,17-19H,6-13H2,1H3,(H2,31,36)(H,32,39)(H,33,40)/t17?,18?,19-,26+/m0/s1. The van der Waals surface area contributed by atoms with Gasteiger partial charge in [0.25, 0.3) is 0 Å². The summed E-state index contributed by atoms with van der Waals surface area (Å²) in [5.74, 6) is -6.14. The first-order chi connectivity index (χ1) is 20.1. The second kappa shape index (κ2) is 10.8. The SMILES string of the molecule is CN(C(=O)C(CC1CC1)NC(=O)C(F)(F)F)C(CC1CC1)C(=O)N1C[C@]2(C[C@H]1C(N)=O)C(=O)Nc1ccccc1S2(=O)=O. The Bertz CT molecular complexity index is 1480. The summed E-state index contributed by atoms with van der Waals surface area (Å²) in [6.07, 6.45) is -3.02. The van der Waals surface area contributed by atoms with Crippen LogP contribution in [-0.2, 0) is 33.8 Å². The van der Waals surface area contributed by atoms with Crippen molar-refractivity contribution in [3.63, 3.8) is 0 Å². The van der Waals surface area contributed by atoms with Crippen LogP contribution in [-0.4, -0.2) is 90.4 Å². The summed E-state index contributed by atoms with van der Waals surface area (Å²) in [4.78, 5) is 67.0. The summed E-state index contributed by atoms with van der Waals surface area (Å²) in [5.41, 5.74) is 5.66. The number of amides is 5. The van der Waals surface area contributed by atoms with Crippen LogP contribution >= 0.6 is 0 Å². The van der Waals surface area contributed by atoms with Crippen molar-refractivity contribution in [1.82, 2.24) is 15.1 Å². The molecule has 1 spiro atoms. The van der Waals surface area contributed by atoms with Gasteiger partial charge in [-0.05, 0) is 36.8 Å². The summed E-state index contributed by atoms with van der Waals surface area (Å²) in [6, 6.07) is 1.31. The smallest absolute Gasteiger partial charge is 0.368 e. The third kappa shape index (κ3) is 5.68. The number of para-hydroxylation sites is 1. The average molecular weight is 628 g/mol. The van der Waals surface area contributed by atoms with Crippen LogP contribution in [0.1, 0.15) is 44.9 Å². The molecular formula is C27H32F3N5O7S. The zero-order valence-electron chi connectivity index (χ0n) is 23.2. The normalized spacial score (nSPS) is 25.8. The number of anilines is 1. The van der Waals surface area contributed by atoms with Crippen molar-refractivity contribution < 1.29 is 45.6 Å². The Kier molecular flexibility index (Phi) is 7.72. The van der Waals surface area contributed by atoms with Gasteiger partial charge in [-0.2, -0.15) is 13.2 Å². The third-order valence-corrected chi connectivity index (χ3v) is 11.2. The molecule has 1 aromatic rings. The molecule has 3 fully saturated rings. The van der Waals surface area contributed by atoms with E-state index in [4.69, 9.17) is 5.73 Å².